The number of rotatable bonds is 4. The molecule has 0 amide bonds. The number of anilines is 1. The first-order valence-electron chi connectivity index (χ1n) is 5.19. The van der Waals surface area contributed by atoms with Crippen LogP contribution < -0.4 is 5.32 Å². The topological polar surface area (TPSA) is 64.1 Å². The van der Waals surface area contributed by atoms with Crippen LogP contribution in [0.15, 0.2) is 12.1 Å². The van der Waals surface area contributed by atoms with Gasteiger partial charge in [0.1, 0.15) is 11.9 Å². The number of aromatic nitrogens is 2. The number of methoxy groups -OCH3 is 1. The van der Waals surface area contributed by atoms with Crippen LogP contribution in [0.1, 0.15) is 19.5 Å². The van der Waals surface area contributed by atoms with Crippen LogP contribution in [0.4, 0.5) is 5.82 Å². The molecule has 0 saturated carbocycles. The summed E-state index contributed by atoms with van der Waals surface area (Å²) in [7, 11) is 1.38. The third-order valence-corrected chi connectivity index (χ3v) is 2.22. The van der Waals surface area contributed by atoms with Crippen molar-refractivity contribution in [2.45, 2.75) is 26.8 Å². The Labute approximate surface area is 95.2 Å². The average molecular weight is 223 g/mol. The van der Waals surface area contributed by atoms with Gasteiger partial charge in [0.2, 0.25) is 0 Å². The van der Waals surface area contributed by atoms with Crippen molar-refractivity contribution in [2.24, 2.45) is 5.92 Å². The lowest BCUT2D eigenvalue weighted by Gasteiger charge is -2.19. The van der Waals surface area contributed by atoms with E-state index in [4.69, 9.17) is 4.74 Å². The lowest BCUT2D eigenvalue weighted by atomic mass is 10.0. The summed E-state index contributed by atoms with van der Waals surface area (Å²) < 4.78 is 4.72. The molecular weight excluding hydrogens is 206 g/mol. The second kappa shape index (κ2) is 5.44. The third-order valence-electron chi connectivity index (χ3n) is 2.22. The molecule has 0 aliphatic heterocycles. The van der Waals surface area contributed by atoms with Crippen LogP contribution in [0, 0.1) is 12.8 Å². The minimum Gasteiger partial charge on any atom is -0.467 e. The molecule has 0 fully saturated rings. The predicted octanol–water partition coefficient (Wildman–Crippen LogP) is 1.39. The van der Waals surface area contributed by atoms with Gasteiger partial charge < -0.3 is 10.1 Å². The summed E-state index contributed by atoms with van der Waals surface area (Å²) in [6.07, 6.45) is 0. The molecule has 1 aromatic rings. The number of esters is 1. The maximum Gasteiger partial charge on any atom is 0.328 e. The molecule has 0 radical (unpaired) electrons. The quantitative estimate of drug-likeness (QED) is 0.781. The van der Waals surface area contributed by atoms with Crippen molar-refractivity contribution in [3.05, 3.63) is 17.8 Å². The summed E-state index contributed by atoms with van der Waals surface area (Å²) >= 11 is 0. The number of carbonyl (C=O) groups excluding carboxylic acids is 1. The molecule has 0 aromatic carbocycles. The Bertz CT molecular complexity index is 349. The highest BCUT2D eigenvalue weighted by atomic mass is 16.5. The highest BCUT2D eigenvalue weighted by Gasteiger charge is 2.23. The fourth-order valence-electron chi connectivity index (χ4n) is 1.26. The van der Waals surface area contributed by atoms with Crippen molar-refractivity contribution in [2.75, 3.05) is 12.4 Å². The van der Waals surface area contributed by atoms with E-state index in [9.17, 15) is 4.79 Å². The maximum absolute atomic E-state index is 11.5. The lowest BCUT2D eigenvalue weighted by Crippen LogP contribution is -2.35. The van der Waals surface area contributed by atoms with Gasteiger partial charge in [0.05, 0.1) is 12.8 Å². The smallest absolute Gasteiger partial charge is 0.328 e. The molecule has 0 saturated heterocycles. The molecule has 0 aliphatic carbocycles. The molecule has 88 valence electrons. The van der Waals surface area contributed by atoms with Crippen molar-refractivity contribution >= 4 is 11.8 Å². The van der Waals surface area contributed by atoms with Gasteiger partial charge in [-0.25, -0.2) is 4.79 Å². The van der Waals surface area contributed by atoms with Gasteiger partial charge in [-0.3, -0.25) is 0 Å². The largest absolute Gasteiger partial charge is 0.467 e. The van der Waals surface area contributed by atoms with Crippen LogP contribution in [0.3, 0.4) is 0 Å². The molecule has 1 unspecified atom stereocenters. The summed E-state index contributed by atoms with van der Waals surface area (Å²) in [6, 6.07) is 3.23. The Morgan fingerprint density at radius 1 is 1.38 bits per heavy atom. The molecule has 1 heterocycles. The highest BCUT2D eigenvalue weighted by Crippen LogP contribution is 2.11. The van der Waals surface area contributed by atoms with Crippen LogP contribution in [0.2, 0.25) is 0 Å². The molecular formula is C11H17N3O2. The average Bonchev–Trinajstić information content (AvgIpc) is 2.27. The van der Waals surface area contributed by atoms with Crippen molar-refractivity contribution in [1.29, 1.82) is 0 Å². The second-order valence-electron chi connectivity index (χ2n) is 3.95. The van der Waals surface area contributed by atoms with Gasteiger partial charge >= 0.3 is 5.97 Å². The van der Waals surface area contributed by atoms with Crippen molar-refractivity contribution in [3.8, 4) is 0 Å². The minimum absolute atomic E-state index is 0.121. The Morgan fingerprint density at radius 2 is 2.06 bits per heavy atom. The Morgan fingerprint density at radius 3 is 2.50 bits per heavy atom. The van der Waals surface area contributed by atoms with Crippen LogP contribution in [-0.4, -0.2) is 29.3 Å². The second-order valence-corrected chi connectivity index (χ2v) is 3.95. The Balaban J connectivity index is 2.75. The zero-order valence-corrected chi connectivity index (χ0v) is 10.0. The van der Waals surface area contributed by atoms with Gasteiger partial charge in [-0.05, 0) is 25.0 Å². The first-order valence-corrected chi connectivity index (χ1v) is 5.19. The summed E-state index contributed by atoms with van der Waals surface area (Å²) in [6.45, 7) is 5.74. The molecule has 1 aromatic heterocycles. The van der Waals surface area contributed by atoms with Crippen LogP contribution in [0.25, 0.3) is 0 Å². The van der Waals surface area contributed by atoms with Gasteiger partial charge in [-0.1, -0.05) is 13.8 Å². The zero-order chi connectivity index (χ0) is 12.1. The van der Waals surface area contributed by atoms with E-state index in [-0.39, 0.29) is 11.9 Å². The van der Waals surface area contributed by atoms with E-state index in [1.807, 2.05) is 26.8 Å². The molecule has 1 N–H and O–H groups in total. The van der Waals surface area contributed by atoms with Crippen molar-refractivity contribution < 1.29 is 9.53 Å². The normalized spacial score (nSPS) is 12.3. The van der Waals surface area contributed by atoms with Crippen LogP contribution in [-0.2, 0) is 9.53 Å². The van der Waals surface area contributed by atoms with Crippen LogP contribution in [0.5, 0.6) is 0 Å². The zero-order valence-electron chi connectivity index (χ0n) is 10.0. The molecule has 1 rings (SSSR count). The molecule has 16 heavy (non-hydrogen) atoms. The van der Waals surface area contributed by atoms with E-state index >= 15 is 0 Å². The third kappa shape index (κ3) is 3.18. The predicted molar refractivity (Wildman–Crippen MR) is 61.0 cm³/mol. The minimum atomic E-state index is -0.401. The number of hydrogen-bond acceptors (Lipinski definition) is 5. The Hall–Kier alpha value is -1.65. The van der Waals surface area contributed by atoms with Gasteiger partial charge in [0, 0.05) is 0 Å². The maximum atomic E-state index is 11.5. The van der Waals surface area contributed by atoms with E-state index in [0.717, 1.165) is 5.69 Å². The SMILES string of the molecule is COC(=O)C(Nc1ccc(C)nn1)C(C)C. The first kappa shape index (κ1) is 12.4. The molecule has 5 nitrogen and oxygen atoms in total. The number of ether oxygens (including phenoxy) is 1. The number of nitrogens with zero attached hydrogens (tertiary/aromatic N) is 2. The van der Waals surface area contributed by atoms with E-state index in [0.29, 0.717) is 5.82 Å². The number of aryl methyl sites for hydroxylation is 1. The lowest BCUT2D eigenvalue weighted by molar-refractivity contribution is -0.142. The fourth-order valence-corrected chi connectivity index (χ4v) is 1.26. The number of hydrogen-bond donors (Lipinski definition) is 1. The standard InChI is InChI=1S/C11H17N3O2/c1-7(2)10(11(15)16-4)12-9-6-5-8(3)13-14-9/h5-7,10H,1-4H3,(H,12,14). The van der Waals surface area contributed by atoms with Crippen LogP contribution >= 0.6 is 0 Å². The highest BCUT2D eigenvalue weighted by molar-refractivity contribution is 5.79. The Kier molecular flexibility index (Phi) is 4.22. The number of carbonyl (C=O) groups is 1. The van der Waals surface area contributed by atoms with Gasteiger partial charge in [0.15, 0.2) is 0 Å². The molecule has 5 heteroatoms. The van der Waals surface area contributed by atoms with Crippen molar-refractivity contribution in [1.82, 2.24) is 10.2 Å². The van der Waals surface area contributed by atoms with Gasteiger partial charge in [-0.2, -0.15) is 5.10 Å². The summed E-state index contributed by atoms with van der Waals surface area (Å²) in [5, 5.41) is 10.9. The molecule has 0 spiro atoms. The summed E-state index contributed by atoms with van der Waals surface area (Å²) in [5.74, 6) is 0.405. The van der Waals surface area contributed by atoms with E-state index < -0.39 is 6.04 Å². The monoisotopic (exact) mass is 223 g/mol. The van der Waals surface area contributed by atoms with Gasteiger partial charge in [-0.15, -0.1) is 5.10 Å². The van der Waals surface area contributed by atoms with E-state index in [2.05, 4.69) is 15.5 Å². The first-order chi connectivity index (χ1) is 7.54. The fraction of sp³-hybridized carbons (Fsp3) is 0.545. The molecule has 0 aliphatic rings. The van der Waals surface area contributed by atoms with Gasteiger partial charge in [0.25, 0.3) is 0 Å². The summed E-state index contributed by atoms with van der Waals surface area (Å²) in [5.41, 5.74) is 0.838. The molecule has 0 bridgehead atoms. The van der Waals surface area contributed by atoms with Crippen molar-refractivity contribution in [3.63, 3.8) is 0 Å². The molecule has 1 atom stereocenters. The number of nitrogens with one attached hydrogen (secondary N) is 1. The van der Waals surface area contributed by atoms with E-state index in [1.54, 1.807) is 6.07 Å². The summed E-state index contributed by atoms with van der Waals surface area (Å²) in [4.78, 5) is 11.5. The van der Waals surface area contributed by atoms with E-state index in [1.165, 1.54) is 7.11 Å².